The Morgan fingerprint density at radius 2 is 2.26 bits per heavy atom. The molecule has 1 saturated heterocycles. The molecule has 0 aromatic heterocycles. The number of likely N-dealkylation sites (tertiary alicyclic amines) is 1. The third-order valence-electron chi connectivity index (χ3n) is 3.50. The molecule has 1 aromatic carbocycles. The fourth-order valence-electron chi connectivity index (χ4n) is 2.20. The first kappa shape index (κ1) is 17.0. The Morgan fingerprint density at radius 1 is 1.58 bits per heavy atom. The number of hydrogen-bond donors (Lipinski definition) is 1. The summed E-state index contributed by atoms with van der Waals surface area (Å²) in [7, 11) is 0. The van der Waals surface area contributed by atoms with Crippen molar-refractivity contribution >= 4 is 52.5 Å². The average Bonchev–Trinajstić information content (AvgIpc) is 2.75. The Balaban J connectivity index is 0.00000180. The Kier molecular flexibility index (Phi) is 5.92. The van der Waals surface area contributed by atoms with Crippen molar-refractivity contribution in [2.75, 3.05) is 19.6 Å². The molecule has 2 N–H and O–H groups in total. The van der Waals surface area contributed by atoms with E-state index >= 15 is 0 Å². The molecule has 6 heteroatoms. The highest BCUT2D eigenvalue weighted by Gasteiger charge is 2.35. The molecule has 1 aliphatic heterocycles. The van der Waals surface area contributed by atoms with Gasteiger partial charge in [0.05, 0.1) is 10.6 Å². The molecule has 1 aliphatic rings. The molecule has 0 aliphatic carbocycles. The van der Waals surface area contributed by atoms with Crippen LogP contribution in [0.15, 0.2) is 18.2 Å². The molecule has 2 rings (SSSR count). The summed E-state index contributed by atoms with van der Waals surface area (Å²) in [6.45, 7) is 4.20. The van der Waals surface area contributed by atoms with Crippen molar-refractivity contribution < 1.29 is 4.79 Å². The van der Waals surface area contributed by atoms with Crippen LogP contribution in [0.4, 0.5) is 0 Å². The zero-order valence-electron chi connectivity index (χ0n) is 10.7. The molecule has 0 radical (unpaired) electrons. The smallest absolute Gasteiger partial charge is 0.255 e. The minimum atomic E-state index is 0. The molecule has 0 bridgehead atoms. The van der Waals surface area contributed by atoms with E-state index in [0.717, 1.165) is 16.5 Å². The number of benzene rings is 1. The summed E-state index contributed by atoms with van der Waals surface area (Å²) in [5, 5.41) is 0.516. The van der Waals surface area contributed by atoms with E-state index in [1.165, 1.54) is 0 Å². The quantitative estimate of drug-likeness (QED) is 0.755. The highest BCUT2D eigenvalue weighted by molar-refractivity contribution is 14.1. The molecule has 1 amide bonds. The molecule has 0 saturated carbocycles. The van der Waals surface area contributed by atoms with Gasteiger partial charge >= 0.3 is 0 Å². The van der Waals surface area contributed by atoms with Crippen molar-refractivity contribution in [3.63, 3.8) is 0 Å². The minimum absolute atomic E-state index is 0. The highest BCUT2D eigenvalue weighted by Crippen LogP contribution is 2.30. The number of nitrogens with zero attached hydrogens (tertiary/aromatic N) is 1. The molecule has 1 unspecified atom stereocenters. The first-order valence-corrected chi connectivity index (χ1v) is 7.35. The second-order valence-electron chi connectivity index (χ2n) is 5.12. The van der Waals surface area contributed by atoms with Crippen LogP contribution in [0.5, 0.6) is 0 Å². The maximum Gasteiger partial charge on any atom is 0.255 e. The molecule has 1 fully saturated rings. The van der Waals surface area contributed by atoms with Gasteiger partial charge in [-0.15, -0.1) is 12.4 Å². The highest BCUT2D eigenvalue weighted by atomic mass is 127. The van der Waals surface area contributed by atoms with Gasteiger partial charge in [-0.05, 0) is 59.2 Å². The lowest BCUT2D eigenvalue weighted by molar-refractivity contribution is 0.0777. The van der Waals surface area contributed by atoms with Crippen LogP contribution in [0.25, 0.3) is 0 Å². The summed E-state index contributed by atoms with van der Waals surface area (Å²) in [6, 6.07) is 5.51. The third kappa shape index (κ3) is 3.74. The van der Waals surface area contributed by atoms with Gasteiger partial charge in [0, 0.05) is 16.7 Å². The van der Waals surface area contributed by atoms with Gasteiger partial charge in [-0.2, -0.15) is 0 Å². The van der Waals surface area contributed by atoms with Crippen molar-refractivity contribution in [3.05, 3.63) is 32.4 Å². The van der Waals surface area contributed by atoms with Gasteiger partial charge in [0.15, 0.2) is 0 Å². The summed E-state index contributed by atoms with van der Waals surface area (Å²) in [5.74, 6) is 0.00990. The van der Waals surface area contributed by atoms with Crippen LogP contribution >= 0.6 is 46.6 Å². The zero-order chi connectivity index (χ0) is 13.3. The van der Waals surface area contributed by atoms with E-state index in [1.54, 1.807) is 6.07 Å². The lowest BCUT2D eigenvalue weighted by Gasteiger charge is -2.22. The molecule has 19 heavy (non-hydrogen) atoms. The lowest BCUT2D eigenvalue weighted by atomic mass is 9.90. The summed E-state index contributed by atoms with van der Waals surface area (Å²) >= 11 is 8.28. The molecule has 1 heterocycles. The van der Waals surface area contributed by atoms with Crippen LogP contribution < -0.4 is 5.73 Å². The fourth-order valence-corrected chi connectivity index (χ4v) is 2.89. The Labute approximate surface area is 138 Å². The van der Waals surface area contributed by atoms with Crippen LogP contribution in [0, 0.1) is 8.99 Å². The van der Waals surface area contributed by atoms with Crippen molar-refractivity contribution in [1.82, 2.24) is 4.90 Å². The van der Waals surface area contributed by atoms with Crippen LogP contribution in [0.1, 0.15) is 23.7 Å². The van der Waals surface area contributed by atoms with Crippen LogP contribution in [0.3, 0.4) is 0 Å². The van der Waals surface area contributed by atoms with Gasteiger partial charge in [0.25, 0.3) is 5.91 Å². The van der Waals surface area contributed by atoms with Crippen molar-refractivity contribution in [3.8, 4) is 0 Å². The van der Waals surface area contributed by atoms with E-state index in [0.29, 0.717) is 23.7 Å². The number of hydrogen-bond acceptors (Lipinski definition) is 2. The monoisotopic (exact) mass is 414 g/mol. The van der Waals surface area contributed by atoms with Gasteiger partial charge in [-0.3, -0.25) is 4.79 Å². The van der Waals surface area contributed by atoms with Crippen LogP contribution in [-0.2, 0) is 0 Å². The van der Waals surface area contributed by atoms with E-state index in [1.807, 2.05) is 17.0 Å². The Morgan fingerprint density at radius 3 is 2.84 bits per heavy atom. The molecular formula is C13H17Cl2IN2O. The number of nitrogens with two attached hydrogens (primary N) is 1. The number of halogens is 3. The standard InChI is InChI=1S/C13H16ClIN2O.ClH/c1-13(7-16)4-5-17(8-13)12(18)10-6-9(15)2-3-11(10)14;/h2-3,6H,4-5,7-8,16H2,1H3;1H. The first-order valence-electron chi connectivity index (χ1n) is 5.90. The maximum atomic E-state index is 12.4. The summed E-state index contributed by atoms with van der Waals surface area (Å²) in [6.07, 6.45) is 0.955. The summed E-state index contributed by atoms with van der Waals surface area (Å²) in [5.41, 5.74) is 6.39. The fraction of sp³-hybridized carbons (Fsp3) is 0.462. The van der Waals surface area contributed by atoms with Crippen LogP contribution in [-0.4, -0.2) is 30.4 Å². The largest absolute Gasteiger partial charge is 0.338 e. The molecule has 106 valence electrons. The third-order valence-corrected chi connectivity index (χ3v) is 4.50. The average molecular weight is 415 g/mol. The molecule has 1 atom stereocenters. The number of carbonyl (C=O) groups is 1. The van der Waals surface area contributed by atoms with Gasteiger partial charge in [-0.25, -0.2) is 0 Å². The van der Waals surface area contributed by atoms with Gasteiger partial charge in [0.2, 0.25) is 0 Å². The molecular weight excluding hydrogens is 398 g/mol. The second-order valence-corrected chi connectivity index (χ2v) is 6.77. The van der Waals surface area contributed by atoms with Crippen LogP contribution in [0.2, 0.25) is 5.02 Å². The Hall–Kier alpha value is -0.0400. The van der Waals surface area contributed by atoms with E-state index in [4.69, 9.17) is 17.3 Å². The predicted octanol–water partition coefficient (Wildman–Crippen LogP) is 3.18. The van der Waals surface area contributed by atoms with Gasteiger partial charge in [0.1, 0.15) is 0 Å². The first-order chi connectivity index (χ1) is 8.45. The van der Waals surface area contributed by atoms with Crippen molar-refractivity contribution in [2.24, 2.45) is 11.1 Å². The van der Waals surface area contributed by atoms with E-state index in [9.17, 15) is 4.79 Å². The van der Waals surface area contributed by atoms with E-state index in [-0.39, 0.29) is 23.7 Å². The summed E-state index contributed by atoms with van der Waals surface area (Å²) in [4.78, 5) is 14.3. The van der Waals surface area contributed by atoms with E-state index in [2.05, 4.69) is 29.5 Å². The minimum Gasteiger partial charge on any atom is -0.338 e. The lowest BCUT2D eigenvalue weighted by Crippen LogP contribution is -2.34. The normalized spacial score (nSPS) is 22.2. The molecule has 1 aromatic rings. The topological polar surface area (TPSA) is 46.3 Å². The maximum absolute atomic E-state index is 12.4. The molecule has 3 nitrogen and oxygen atoms in total. The van der Waals surface area contributed by atoms with Gasteiger partial charge < -0.3 is 10.6 Å². The number of carbonyl (C=O) groups excluding carboxylic acids is 1. The zero-order valence-corrected chi connectivity index (χ0v) is 14.4. The molecule has 0 spiro atoms. The second kappa shape index (κ2) is 6.61. The number of rotatable bonds is 2. The Bertz CT molecular complexity index is 484. The van der Waals surface area contributed by atoms with Crippen molar-refractivity contribution in [1.29, 1.82) is 0 Å². The SMILES string of the molecule is CC1(CN)CCN(C(=O)c2cc(I)ccc2Cl)C1.Cl. The van der Waals surface area contributed by atoms with E-state index < -0.39 is 0 Å². The number of amides is 1. The van der Waals surface area contributed by atoms with Gasteiger partial charge in [-0.1, -0.05) is 18.5 Å². The predicted molar refractivity (Wildman–Crippen MR) is 89.1 cm³/mol. The summed E-state index contributed by atoms with van der Waals surface area (Å²) < 4.78 is 1.01. The van der Waals surface area contributed by atoms with Crippen molar-refractivity contribution in [2.45, 2.75) is 13.3 Å².